The summed E-state index contributed by atoms with van der Waals surface area (Å²) in [6.45, 7) is -2.15. The van der Waals surface area contributed by atoms with Crippen LogP contribution in [0.3, 0.4) is 0 Å². The van der Waals surface area contributed by atoms with Gasteiger partial charge in [-0.25, -0.2) is 8.42 Å². The van der Waals surface area contributed by atoms with Gasteiger partial charge in [0, 0.05) is 5.69 Å². The number of rotatable bonds is 9. The number of benzene rings is 3. The van der Waals surface area contributed by atoms with E-state index in [4.69, 9.17) is 0 Å². The molecule has 17 heteroatoms. The number of nitrogens with one attached hydrogen (secondary N) is 1. The molecule has 2 N–H and O–H groups in total. The zero-order valence-corrected chi connectivity index (χ0v) is 21.7. The predicted octanol–water partition coefficient (Wildman–Crippen LogP) is 5.09. The molecular formula is C24H17F8NO6S2. The van der Waals surface area contributed by atoms with Crippen LogP contribution >= 0.6 is 0 Å². The zero-order valence-electron chi connectivity index (χ0n) is 20.0. The van der Waals surface area contributed by atoms with E-state index in [1.54, 1.807) is 35.6 Å². The normalized spacial score (nSPS) is 13.9. The Hall–Kier alpha value is -3.41. The van der Waals surface area contributed by atoms with Crippen molar-refractivity contribution < 1.29 is 62.7 Å². The van der Waals surface area contributed by atoms with Gasteiger partial charge in [-0.1, -0.05) is 18.2 Å². The summed E-state index contributed by atoms with van der Waals surface area (Å²) < 4.78 is 141. The topological polar surface area (TPSA) is 116 Å². The van der Waals surface area contributed by atoms with Gasteiger partial charge in [-0.15, -0.1) is 0 Å². The zero-order chi connectivity index (χ0) is 30.9. The van der Waals surface area contributed by atoms with Crippen molar-refractivity contribution in [2.24, 2.45) is 0 Å². The van der Waals surface area contributed by atoms with Crippen LogP contribution in [-0.4, -0.2) is 53.8 Å². The van der Waals surface area contributed by atoms with Gasteiger partial charge in [0.2, 0.25) is 0 Å². The number of carbonyl (C=O) groups excluding carboxylic acids is 1. The van der Waals surface area contributed by atoms with Crippen molar-refractivity contribution in [1.29, 1.82) is 0 Å². The van der Waals surface area contributed by atoms with Crippen LogP contribution in [-0.2, 0) is 25.8 Å². The average molecular weight is 632 g/mol. The van der Waals surface area contributed by atoms with Crippen LogP contribution in [0.1, 0.15) is 0 Å². The summed E-state index contributed by atoms with van der Waals surface area (Å²) in [5.74, 6) is -2.77. The van der Waals surface area contributed by atoms with E-state index in [-0.39, 0.29) is 5.69 Å². The fourth-order valence-electron chi connectivity index (χ4n) is 3.14. The maximum Gasteiger partial charge on any atom is 0.429 e. The molecule has 7 nitrogen and oxygen atoms in total. The number of amides is 1. The van der Waals surface area contributed by atoms with E-state index in [0.717, 1.165) is 24.3 Å². The molecule has 0 saturated heterocycles. The molecule has 0 bridgehead atoms. The molecule has 0 radical (unpaired) electrons. The maximum absolute atomic E-state index is 13.5. The summed E-state index contributed by atoms with van der Waals surface area (Å²) >= 11 is 0. The van der Waals surface area contributed by atoms with Crippen LogP contribution in [0.2, 0.25) is 0 Å². The van der Waals surface area contributed by atoms with Crippen molar-refractivity contribution >= 4 is 32.6 Å². The van der Waals surface area contributed by atoms with Gasteiger partial charge in [-0.2, -0.15) is 35.1 Å². The van der Waals surface area contributed by atoms with Gasteiger partial charge >= 0.3 is 23.5 Å². The summed E-state index contributed by atoms with van der Waals surface area (Å²) in [7, 11) is -7.27. The second kappa shape index (κ2) is 11.5. The molecule has 0 heterocycles. The van der Waals surface area contributed by atoms with Crippen LogP contribution < -0.4 is 10.1 Å². The molecule has 0 aromatic heterocycles. The molecule has 1 amide bonds. The van der Waals surface area contributed by atoms with E-state index in [0.29, 0.717) is 14.7 Å². The lowest BCUT2D eigenvalue weighted by molar-refractivity contribution is -0.373. The van der Waals surface area contributed by atoms with Crippen molar-refractivity contribution in [3.8, 4) is 5.75 Å². The molecule has 3 aromatic carbocycles. The Labute approximate surface area is 229 Å². The lowest BCUT2D eigenvalue weighted by atomic mass is 10.0. The standard InChI is InChI=1S/C24H17F8NO6S2/c25-22(26,41(36,37)38)20(34)33-15-6-10-18(11-7-15)40(17-4-2-1-3-5-17)19-12-8-16(9-13-19)39-14-21(35,23(27,28)29)24(30,31)32/h1-13,35H,14H2,(H-,33,34,36,37,38). The highest BCUT2D eigenvalue weighted by atomic mass is 32.2. The molecule has 0 saturated carbocycles. The molecule has 0 spiro atoms. The Balaban J connectivity index is 1.88. The molecule has 3 aromatic rings. The maximum atomic E-state index is 13.5. The summed E-state index contributed by atoms with van der Waals surface area (Å²) in [5, 5.41) is 5.66. The van der Waals surface area contributed by atoms with Gasteiger partial charge in [0.25, 0.3) is 5.60 Å². The van der Waals surface area contributed by atoms with Crippen molar-refractivity contribution in [3.05, 3.63) is 78.9 Å². The Morgan fingerprint density at radius 2 is 1.22 bits per heavy atom. The van der Waals surface area contributed by atoms with Crippen LogP contribution in [0.25, 0.3) is 0 Å². The van der Waals surface area contributed by atoms with Crippen molar-refractivity contribution in [2.75, 3.05) is 11.9 Å². The van der Waals surface area contributed by atoms with E-state index in [9.17, 15) is 58.0 Å². The van der Waals surface area contributed by atoms with Gasteiger partial charge in [-0.3, -0.25) is 4.79 Å². The van der Waals surface area contributed by atoms with Crippen LogP contribution in [0.5, 0.6) is 5.75 Å². The number of aliphatic hydroxyl groups is 1. The number of alkyl halides is 8. The molecule has 0 fully saturated rings. The van der Waals surface area contributed by atoms with Gasteiger partial charge in [0.15, 0.2) is 24.8 Å². The van der Waals surface area contributed by atoms with Crippen LogP contribution in [0, 0.1) is 0 Å². The highest BCUT2D eigenvalue weighted by Gasteiger charge is 2.71. The summed E-state index contributed by atoms with van der Waals surface area (Å²) in [4.78, 5) is 13.3. The van der Waals surface area contributed by atoms with E-state index < -0.39 is 62.5 Å². The van der Waals surface area contributed by atoms with Crippen molar-refractivity contribution in [3.63, 3.8) is 0 Å². The minimum atomic E-state index is -6.28. The molecule has 0 aliphatic carbocycles. The lowest BCUT2D eigenvalue weighted by Crippen LogP contribution is -2.60. The fraction of sp³-hybridized carbons (Fsp3) is 0.208. The van der Waals surface area contributed by atoms with Gasteiger partial charge in [0.05, 0.1) is 10.9 Å². The number of halogens is 8. The molecule has 0 aliphatic heterocycles. The van der Waals surface area contributed by atoms with Gasteiger partial charge in [-0.05, 0) is 60.7 Å². The van der Waals surface area contributed by atoms with E-state index in [2.05, 4.69) is 4.74 Å². The highest BCUT2D eigenvalue weighted by Crippen LogP contribution is 2.43. The molecule has 1 atom stereocenters. The molecule has 0 aliphatic rings. The number of anilines is 1. The number of ether oxygens (including phenoxy) is 1. The number of carbonyl (C=O) groups is 1. The van der Waals surface area contributed by atoms with E-state index >= 15 is 0 Å². The minimum Gasteiger partial charge on any atom is -0.743 e. The first kappa shape index (κ1) is 32.1. The Morgan fingerprint density at radius 1 is 0.780 bits per heavy atom. The number of hydrogen-bond donors (Lipinski definition) is 2. The highest BCUT2D eigenvalue weighted by molar-refractivity contribution is 7.97. The quantitative estimate of drug-likeness (QED) is 0.193. The first-order valence-corrected chi connectivity index (χ1v) is 13.5. The second-order valence-electron chi connectivity index (χ2n) is 8.18. The Bertz CT molecular complexity index is 1450. The lowest BCUT2D eigenvalue weighted by Gasteiger charge is -2.31. The van der Waals surface area contributed by atoms with Gasteiger partial charge < -0.3 is 19.7 Å². The third kappa shape index (κ3) is 6.91. The Kier molecular flexibility index (Phi) is 8.98. The molecule has 1 unspecified atom stereocenters. The van der Waals surface area contributed by atoms with E-state index in [1.165, 1.54) is 24.3 Å². The smallest absolute Gasteiger partial charge is 0.429 e. The monoisotopic (exact) mass is 631 g/mol. The molecule has 222 valence electrons. The third-order valence-electron chi connectivity index (χ3n) is 5.35. The van der Waals surface area contributed by atoms with E-state index in [1.807, 2.05) is 0 Å². The average Bonchev–Trinajstić information content (AvgIpc) is 2.87. The number of hydrogen-bond acceptors (Lipinski definition) is 6. The molecule has 3 rings (SSSR count). The Morgan fingerprint density at radius 3 is 1.66 bits per heavy atom. The third-order valence-corrected chi connectivity index (χ3v) is 8.39. The molecule has 41 heavy (non-hydrogen) atoms. The van der Waals surface area contributed by atoms with Crippen LogP contribution in [0.15, 0.2) is 93.5 Å². The summed E-state index contributed by atoms with van der Waals surface area (Å²) in [5.41, 5.74) is -5.38. The summed E-state index contributed by atoms with van der Waals surface area (Å²) in [6.07, 6.45) is -12.1. The van der Waals surface area contributed by atoms with Crippen molar-refractivity contribution in [2.45, 2.75) is 37.9 Å². The largest absolute Gasteiger partial charge is 0.743 e. The predicted molar refractivity (Wildman–Crippen MR) is 127 cm³/mol. The van der Waals surface area contributed by atoms with Crippen molar-refractivity contribution in [1.82, 2.24) is 0 Å². The van der Waals surface area contributed by atoms with Gasteiger partial charge in [0.1, 0.15) is 12.4 Å². The second-order valence-corrected chi connectivity index (χ2v) is 11.6. The first-order chi connectivity index (χ1) is 18.8. The first-order valence-electron chi connectivity index (χ1n) is 10.9. The summed E-state index contributed by atoms with van der Waals surface area (Å²) in [6, 6.07) is 18.4. The minimum absolute atomic E-state index is 0.274. The fourth-order valence-corrected chi connectivity index (χ4v) is 5.48. The van der Waals surface area contributed by atoms with Crippen LogP contribution in [0.4, 0.5) is 40.8 Å². The SMILES string of the molecule is O=C(Nc1ccc([S+](c2ccccc2)c2ccc(OCC(O)(C(F)(F)F)C(F)(F)F)cc2)cc1)C(F)(F)S(=O)(=O)[O-]. The molecular weight excluding hydrogens is 614 g/mol.